The normalized spacial score (nSPS) is 25.4. The molecule has 1 aromatic rings. The van der Waals surface area contributed by atoms with Crippen LogP contribution in [0.2, 0.25) is 0 Å². The number of likely N-dealkylation sites (tertiary alicyclic amines) is 1. The van der Waals surface area contributed by atoms with Gasteiger partial charge < -0.3 is 15.5 Å². The van der Waals surface area contributed by atoms with Gasteiger partial charge in [0.25, 0.3) is 0 Å². The molecule has 0 aromatic heterocycles. The van der Waals surface area contributed by atoms with Gasteiger partial charge in [0.2, 0.25) is 5.91 Å². The van der Waals surface area contributed by atoms with Crippen LogP contribution in [0.1, 0.15) is 55.7 Å². The SMILES string of the molecule is O=C(NC1CC1)C1CCCN1C(=O)NC1CCCc2ccc(F)cc21. The lowest BCUT2D eigenvalue weighted by Crippen LogP contribution is -2.50. The first-order valence-electron chi connectivity index (χ1n) is 9.27. The van der Waals surface area contributed by atoms with Gasteiger partial charge in [-0.25, -0.2) is 9.18 Å². The Morgan fingerprint density at radius 2 is 1.92 bits per heavy atom. The Morgan fingerprint density at radius 3 is 2.72 bits per heavy atom. The average molecular weight is 345 g/mol. The Balaban J connectivity index is 1.45. The zero-order valence-electron chi connectivity index (χ0n) is 14.3. The van der Waals surface area contributed by atoms with Gasteiger partial charge in [0.1, 0.15) is 11.9 Å². The van der Waals surface area contributed by atoms with Crippen molar-refractivity contribution in [1.82, 2.24) is 15.5 Å². The van der Waals surface area contributed by atoms with Gasteiger partial charge in [-0.1, -0.05) is 6.07 Å². The fraction of sp³-hybridized carbons (Fsp3) is 0.579. The van der Waals surface area contributed by atoms with E-state index in [-0.39, 0.29) is 29.8 Å². The molecule has 1 aromatic carbocycles. The van der Waals surface area contributed by atoms with Crippen molar-refractivity contribution in [3.63, 3.8) is 0 Å². The van der Waals surface area contributed by atoms with Gasteiger partial charge >= 0.3 is 6.03 Å². The van der Waals surface area contributed by atoms with Gasteiger partial charge in [-0.2, -0.15) is 0 Å². The van der Waals surface area contributed by atoms with Crippen LogP contribution < -0.4 is 10.6 Å². The lowest BCUT2D eigenvalue weighted by molar-refractivity contribution is -0.124. The number of hydrogen-bond donors (Lipinski definition) is 2. The molecule has 5 nitrogen and oxygen atoms in total. The zero-order chi connectivity index (χ0) is 17.4. The molecular weight excluding hydrogens is 321 g/mol. The Hall–Kier alpha value is -2.11. The quantitative estimate of drug-likeness (QED) is 0.885. The molecule has 2 fully saturated rings. The molecule has 0 radical (unpaired) electrons. The second-order valence-electron chi connectivity index (χ2n) is 7.37. The summed E-state index contributed by atoms with van der Waals surface area (Å²) in [7, 11) is 0. The van der Waals surface area contributed by atoms with Crippen molar-refractivity contribution in [2.24, 2.45) is 0 Å². The van der Waals surface area contributed by atoms with Crippen molar-refractivity contribution < 1.29 is 14.0 Å². The molecule has 0 spiro atoms. The lowest BCUT2D eigenvalue weighted by Gasteiger charge is -2.30. The van der Waals surface area contributed by atoms with E-state index in [0.29, 0.717) is 19.0 Å². The van der Waals surface area contributed by atoms with E-state index in [1.807, 2.05) is 6.07 Å². The monoisotopic (exact) mass is 345 g/mol. The fourth-order valence-corrected chi connectivity index (χ4v) is 3.96. The number of fused-ring (bicyclic) bond motifs is 1. The third-order valence-corrected chi connectivity index (χ3v) is 5.46. The van der Waals surface area contributed by atoms with Crippen LogP contribution in [-0.4, -0.2) is 35.5 Å². The largest absolute Gasteiger partial charge is 0.352 e. The predicted molar refractivity (Wildman–Crippen MR) is 91.5 cm³/mol. The number of amides is 3. The third kappa shape index (κ3) is 3.48. The molecule has 1 saturated heterocycles. The van der Waals surface area contributed by atoms with E-state index in [0.717, 1.165) is 49.7 Å². The number of aryl methyl sites for hydroxylation is 1. The van der Waals surface area contributed by atoms with Crippen LogP contribution in [0.4, 0.5) is 9.18 Å². The summed E-state index contributed by atoms with van der Waals surface area (Å²) >= 11 is 0. The van der Waals surface area contributed by atoms with Crippen molar-refractivity contribution >= 4 is 11.9 Å². The maximum atomic E-state index is 13.6. The Morgan fingerprint density at radius 1 is 1.08 bits per heavy atom. The van der Waals surface area contributed by atoms with Crippen LogP contribution >= 0.6 is 0 Å². The van der Waals surface area contributed by atoms with E-state index >= 15 is 0 Å². The number of nitrogens with zero attached hydrogens (tertiary/aromatic N) is 1. The standard InChI is InChI=1S/C19H24FN3O2/c20-13-7-6-12-3-1-4-16(15(12)11-13)22-19(25)23-10-2-5-17(23)18(24)21-14-8-9-14/h6-7,11,14,16-17H,1-5,8-10H2,(H,21,24)(H,22,25). The predicted octanol–water partition coefficient (Wildman–Crippen LogP) is 2.66. The third-order valence-electron chi connectivity index (χ3n) is 5.46. The van der Waals surface area contributed by atoms with Crippen molar-refractivity contribution in [1.29, 1.82) is 0 Å². The molecule has 25 heavy (non-hydrogen) atoms. The summed E-state index contributed by atoms with van der Waals surface area (Å²) in [5.41, 5.74) is 1.97. The first-order valence-corrected chi connectivity index (χ1v) is 9.27. The molecule has 1 heterocycles. The first-order chi connectivity index (χ1) is 12.1. The molecule has 0 bridgehead atoms. The smallest absolute Gasteiger partial charge is 0.318 e. The van der Waals surface area contributed by atoms with Crippen LogP contribution in [0.25, 0.3) is 0 Å². The molecule has 1 saturated carbocycles. The van der Waals surface area contributed by atoms with E-state index in [1.165, 1.54) is 12.1 Å². The molecule has 6 heteroatoms. The maximum Gasteiger partial charge on any atom is 0.318 e. The second-order valence-corrected chi connectivity index (χ2v) is 7.37. The molecule has 1 aliphatic heterocycles. The highest BCUT2D eigenvalue weighted by molar-refractivity contribution is 5.88. The molecule has 2 atom stereocenters. The van der Waals surface area contributed by atoms with Crippen molar-refractivity contribution in [3.05, 3.63) is 35.1 Å². The first kappa shape index (κ1) is 16.4. The molecule has 2 aliphatic carbocycles. The van der Waals surface area contributed by atoms with Crippen LogP contribution in [0, 0.1) is 5.82 Å². The van der Waals surface area contributed by atoms with Gasteiger partial charge in [-0.3, -0.25) is 4.79 Å². The fourth-order valence-electron chi connectivity index (χ4n) is 3.96. The van der Waals surface area contributed by atoms with Gasteiger partial charge in [0.15, 0.2) is 0 Å². The number of benzene rings is 1. The summed E-state index contributed by atoms with van der Waals surface area (Å²) in [6.45, 7) is 0.595. The van der Waals surface area contributed by atoms with Gasteiger partial charge in [-0.15, -0.1) is 0 Å². The highest BCUT2D eigenvalue weighted by Gasteiger charge is 2.37. The van der Waals surface area contributed by atoms with E-state index in [2.05, 4.69) is 10.6 Å². The van der Waals surface area contributed by atoms with Gasteiger partial charge in [0, 0.05) is 12.6 Å². The number of carbonyl (C=O) groups excluding carboxylic acids is 2. The van der Waals surface area contributed by atoms with Crippen LogP contribution in [0.3, 0.4) is 0 Å². The van der Waals surface area contributed by atoms with E-state index in [1.54, 1.807) is 4.90 Å². The summed E-state index contributed by atoms with van der Waals surface area (Å²) in [6, 6.07) is 4.34. The number of halogens is 1. The van der Waals surface area contributed by atoms with E-state index in [4.69, 9.17) is 0 Å². The number of carbonyl (C=O) groups is 2. The Bertz CT molecular complexity index is 689. The van der Waals surface area contributed by atoms with Crippen molar-refractivity contribution in [2.75, 3.05) is 6.54 Å². The average Bonchev–Trinajstić information content (AvgIpc) is 3.26. The molecule has 2 N–H and O–H groups in total. The summed E-state index contributed by atoms with van der Waals surface area (Å²) in [4.78, 5) is 26.8. The zero-order valence-corrected chi connectivity index (χ0v) is 14.3. The minimum absolute atomic E-state index is 0.0368. The highest BCUT2D eigenvalue weighted by Crippen LogP contribution is 2.31. The van der Waals surface area contributed by atoms with E-state index in [9.17, 15) is 14.0 Å². The number of urea groups is 1. The van der Waals surface area contributed by atoms with E-state index < -0.39 is 0 Å². The molecule has 3 amide bonds. The summed E-state index contributed by atoms with van der Waals surface area (Å²) < 4.78 is 13.6. The van der Waals surface area contributed by atoms with Crippen LogP contribution in [-0.2, 0) is 11.2 Å². The molecule has 3 aliphatic rings. The number of rotatable bonds is 3. The summed E-state index contributed by atoms with van der Waals surface area (Å²) in [5, 5.41) is 6.04. The maximum absolute atomic E-state index is 13.6. The van der Waals surface area contributed by atoms with Crippen molar-refractivity contribution in [3.8, 4) is 0 Å². The molecule has 2 unspecified atom stereocenters. The summed E-state index contributed by atoms with van der Waals surface area (Å²) in [5.74, 6) is -0.312. The topological polar surface area (TPSA) is 61.4 Å². The lowest BCUT2D eigenvalue weighted by atomic mass is 9.87. The number of hydrogen-bond acceptors (Lipinski definition) is 2. The molecular formula is C19H24FN3O2. The van der Waals surface area contributed by atoms with Crippen LogP contribution in [0.15, 0.2) is 18.2 Å². The van der Waals surface area contributed by atoms with Gasteiger partial charge in [0.05, 0.1) is 6.04 Å². The highest BCUT2D eigenvalue weighted by atomic mass is 19.1. The minimum Gasteiger partial charge on any atom is -0.352 e. The van der Waals surface area contributed by atoms with Crippen molar-refractivity contribution in [2.45, 2.75) is 63.1 Å². The summed E-state index contributed by atoms with van der Waals surface area (Å²) in [6.07, 6.45) is 6.31. The second kappa shape index (κ2) is 6.65. The van der Waals surface area contributed by atoms with Gasteiger partial charge in [-0.05, 0) is 68.2 Å². The Kier molecular flexibility index (Phi) is 4.36. The minimum atomic E-state index is -0.379. The van der Waals surface area contributed by atoms with Crippen LogP contribution in [0.5, 0.6) is 0 Å². The Labute approximate surface area is 147 Å². The molecule has 134 valence electrons. The number of nitrogens with one attached hydrogen (secondary N) is 2. The molecule has 4 rings (SSSR count).